The molecule has 7 nitrogen and oxygen atoms in total. The van der Waals surface area contributed by atoms with Crippen molar-refractivity contribution in [2.45, 2.75) is 19.9 Å². The Bertz CT molecular complexity index is 1460. The summed E-state index contributed by atoms with van der Waals surface area (Å²) in [5, 5.41) is 15.2. The molecule has 0 amide bonds. The largest absolute Gasteiger partial charge is 0.504 e. The van der Waals surface area contributed by atoms with Crippen LogP contribution in [-0.4, -0.2) is 27.0 Å². The number of aromatic hydroxyl groups is 1. The molecule has 0 saturated heterocycles. The van der Waals surface area contributed by atoms with E-state index in [0.29, 0.717) is 22.4 Å². The van der Waals surface area contributed by atoms with Crippen LogP contribution in [0.25, 0.3) is 44.2 Å². The van der Waals surface area contributed by atoms with Gasteiger partial charge in [0.15, 0.2) is 28.2 Å². The zero-order valence-electron chi connectivity index (χ0n) is 16.2. The summed E-state index contributed by atoms with van der Waals surface area (Å²) in [6.07, 6.45) is 1.88. The van der Waals surface area contributed by atoms with Crippen molar-refractivity contribution in [3.05, 3.63) is 52.8 Å². The first-order chi connectivity index (χ1) is 14.0. The van der Waals surface area contributed by atoms with E-state index in [1.54, 1.807) is 18.2 Å². The average molecular weight is 389 g/mol. The van der Waals surface area contributed by atoms with Gasteiger partial charge in [-0.2, -0.15) is 0 Å². The molecular weight excluding hydrogens is 370 g/mol. The molecule has 0 atom stereocenters. The molecule has 29 heavy (non-hydrogen) atoms. The number of aromatic nitrogens is 3. The molecule has 0 aliphatic carbocycles. The number of aromatic amines is 1. The highest BCUT2D eigenvalue weighted by Crippen LogP contribution is 2.41. The average Bonchev–Trinajstić information content (AvgIpc) is 3.26. The Kier molecular flexibility index (Phi) is 3.67. The molecule has 2 N–H and O–H groups in total. The van der Waals surface area contributed by atoms with Gasteiger partial charge in [0, 0.05) is 34.6 Å². The number of furan rings is 1. The molecule has 0 aliphatic rings. The minimum Gasteiger partial charge on any atom is -0.504 e. The second kappa shape index (κ2) is 6.13. The van der Waals surface area contributed by atoms with Gasteiger partial charge in [-0.25, -0.2) is 4.98 Å². The molecular formula is C22H19N3O4. The van der Waals surface area contributed by atoms with E-state index < -0.39 is 0 Å². The summed E-state index contributed by atoms with van der Waals surface area (Å²) >= 11 is 0. The van der Waals surface area contributed by atoms with Crippen molar-refractivity contribution in [3.63, 3.8) is 0 Å². The lowest BCUT2D eigenvalue weighted by Gasteiger charge is -2.10. The molecule has 3 aromatic heterocycles. The predicted molar refractivity (Wildman–Crippen MR) is 112 cm³/mol. The van der Waals surface area contributed by atoms with Crippen molar-refractivity contribution < 1.29 is 14.3 Å². The summed E-state index contributed by atoms with van der Waals surface area (Å²) in [7, 11) is 1.51. The van der Waals surface area contributed by atoms with Gasteiger partial charge in [-0.3, -0.25) is 9.48 Å². The molecule has 0 aliphatic heterocycles. The molecule has 0 bridgehead atoms. The second-order valence-electron chi connectivity index (χ2n) is 7.29. The van der Waals surface area contributed by atoms with E-state index in [2.05, 4.69) is 18.9 Å². The Morgan fingerprint density at radius 1 is 1.17 bits per heavy atom. The predicted octanol–water partition coefficient (Wildman–Crippen LogP) is 4.59. The lowest BCUT2D eigenvalue weighted by atomic mass is 10.0. The quantitative estimate of drug-likeness (QED) is 0.471. The van der Waals surface area contributed by atoms with Crippen LogP contribution in [0.2, 0.25) is 0 Å². The van der Waals surface area contributed by atoms with Gasteiger partial charge in [0.2, 0.25) is 0 Å². The molecule has 0 unspecified atom stereocenters. The minimum absolute atomic E-state index is 0.0355. The molecule has 0 fully saturated rings. The fourth-order valence-corrected chi connectivity index (χ4v) is 3.79. The zero-order chi connectivity index (χ0) is 20.3. The van der Waals surface area contributed by atoms with Crippen molar-refractivity contribution in [2.24, 2.45) is 0 Å². The maximum atomic E-state index is 11.8. The van der Waals surface area contributed by atoms with Crippen molar-refractivity contribution in [3.8, 4) is 22.6 Å². The van der Waals surface area contributed by atoms with E-state index in [0.717, 1.165) is 27.5 Å². The number of nitrogens with zero attached hydrogens (tertiary/aromatic N) is 2. The normalized spacial score (nSPS) is 11.9. The van der Waals surface area contributed by atoms with Gasteiger partial charge in [0.1, 0.15) is 11.1 Å². The van der Waals surface area contributed by atoms with Crippen LogP contribution in [0, 0.1) is 0 Å². The molecule has 0 spiro atoms. The first-order valence-corrected chi connectivity index (χ1v) is 9.31. The Balaban J connectivity index is 1.96. The smallest absolute Gasteiger partial charge is 0.182 e. The summed E-state index contributed by atoms with van der Waals surface area (Å²) in [5.41, 5.74) is 3.94. The summed E-state index contributed by atoms with van der Waals surface area (Å²) in [4.78, 5) is 16.7. The molecule has 5 rings (SSSR count). The van der Waals surface area contributed by atoms with E-state index in [1.807, 2.05) is 16.9 Å². The summed E-state index contributed by atoms with van der Waals surface area (Å²) < 4.78 is 13.2. The summed E-state index contributed by atoms with van der Waals surface area (Å²) in [6, 6.07) is 10.1. The summed E-state index contributed by atoms with van der Waals surface area (Å²) in [6.45, 7) is 4.13. The van der Waals surface area contributed by atoms with Crippen LogP contribution in [0.3, 0.4) is 0 Å². The van der Waals surface area contributed by atoms with Gasteiger partial charge in [0.25, 0.3) is 0 Å². The van der Waals surface area contributed by atoms with Crippen LogP contribution in [0.15, 0.2) is 51.8 Å². The number of pyridine rings is 1. The van der Waals surface area contributed by atoms with Gasteiger partial charge in [0.05, 0.1) is 7.11 Å². The van der Waals surface area contributed by atoms with Gasteiger partial charge >= 0.3 is 0 Å². The van der Waals surface area contributed by atoms with E-state index >= 15 is 0 Å². The van der Waals surface area contributed by atoms with Crippen LogP contribution in [0.4, 0.5) is 0 Å². The summed E-state index contributed by atoms with van der Waals surface area (Å²) in [5.74, 6) is 0.426. The lowest BCUT2D eigenvalue weighted by Crippen LogP contribution is -2.03. The highest BCUT2D eigenvalue weighted by molar-refractivity contribution is 6.14. The number of rotatable bonds is 3. The second-order valence-corrected chi connectivity index (χ2v) is 7.29. The van der Waals surface area contributed by atoms with Gasteiger partial charge in [-0.1, -0.05) is 6.07 Å². The SMILES string of the molecule is COc1ccc(-c2c3c[nH]n(C(C)C)c3nc3c2oc2cc(=O)ccc23)cc1O. The van der Waals surface area contributed by atoms with Crippen molar-refractivity contribution in [2.75, 3.05) is 7.11 Å². The third-order valence-electron chi connectivity index (χ3n) is 5.15. The Labute approximate surface area is 165 Å². The molecule has 146 valence electrons. The van der Waals surface area contributed by atoms with Crippen molar-refractivity contribution in [1.82, 2.24) is 14.8 Å². The van der Waals surface area contributed by atoms with Crippen LogP contribution in [-0.2, 0) is 0 Å². The Morgan fingerprint density at radius 3 is 2.72 bits per heavy atom. The molecule has 5 aromatic rings. The highest BCUT2D eigenvalue weighted by Gasteiger charge is 2.21. The third-order valence-corrected chi connectivity index (χ3v) is 5.15. The molecule has 7 heteroatoms. The number of hydrogen-bond acceptors (Lipinski definition) is 5. The van der Waals surface area contributed by atoms with E-state index in [4.69, 9.17) is 14.1 Å². The number of methoxy groups -OCH3 is 1. The van der Waals surface area contributed by atoms with Crippen molar-refractivity contribution >= 4 is 33.1 Å². The van der Waals surface area contributed by atoms with Crippen LogP contribution in [0.1, 0.15) is 19.9 Å². The van der Waals surface area contributed by atoms with Crippen LogP contribution >= 0.6 is 0 Å². The van der Waals surface area contributed by atoms with Gasteiger partial charge in [-0.05, 0) is 43.7 Å². The number of phenols is 1. The standard InChI is InChI=1S/C22H19N3O4/c1-11(2)25-22-15(10-23-25)19(12-4-7-17(28-3)16(27)8-12)21-20(24-22)14-6-5-13(26)9-18(14)29-21/h4-11,23,27H,1-3H3. The lowest BCUT2D eigenvalue weighted by molar-refractivity contribution is 0.373. The number of nitrogens with one attached hydrogen (secondary N) is 1. The first-order valence-electron chi connectivity index (χ1n) is 9.31. The Hall–Kier alpha value is -3.74. The van der Waals surface area contributed by atoms with Gasteiger partial charge in [-0.15, -0.1) is 0 Å². The first kappa shape index (κ1) is 17.4. The fourth-order valence-electron chi connectivity index (χ4n) is 3.79. The maximum absolute atomic E-state index is 11.8. The fraction of sp³-hybridized carbons (Fsp3) is 0.182. The van der Waals surface area contributed by atoms with E-state index in [1.165, 1.54) is 19.2 Å². The number of hydrogen-bond donors (Lipinski definition) is 2. The van der Waals surface area contributed by atoms with Crippen LogP contribution in [0.5, 0.6) is 11.5 Å². The topological polar surface area (TPSA) is 93.3 Å². The van der Waals surface area contributed by atoms with Crippen molar-refractivity contribution in [1.29, 1.82) is 0 Å². The Morgan fingerprint density at radius 2 is 2.00 bits per heavy atom. The number of H-pyrrole nitrogens is 1. The van der Waals surface area contributed by atoms with E-state index in [-0.39, 0.29) is 17.2 Å². The number of benzene rings is 2. The molecule has 2 aromatic carbocycles. The zero-order valence-corrected chi connectivity index (χ0v) is 16.2. The van der Waals surface area contributed by atoms with Crippen LogP contribution < -0.4 is 10.2 Å². The monoisotopic (exact) mass is 389 g/mol. The minimum atomic E-state index is -0.121. The molecule has 0 saturated carbocycles. The highest BCUT2D eigenvalue weighted by atomic mass is 16.5. The third kappa shape index (κ3) is 2.51. The van der Waals surface area contributed by atoms with E-state index in [9.17, 15) is 9.90 Å². The number of phenolic OH excluding ortho intramolecular Hbond substituents is 1. The maximum Gasteiger partial charge on any atom is 0.182 e. The number of fused-ring (bicyclic) bond motifs is 4. The molecule has 3 heterocycles. The van der Waals surface area contributed by atoms with Gasteiger partial charge < -0.3 is 19.4 Å². The molecule has 0 radical (unpaired) electrons. The number of ether oxygens (including phenoxy) is 1.